The molecule has 0 unspecified atom stereocenters. The highest BCUT2D eigenvalue weighted by molar-refractivity contribution is 5.81. The third-order valence-electron chi connectivity index (χ3n) is 3.48. The molecule has 1 aromatic heterocycles. The van der Waals surface area contributed by atoms with Crippen LogP contribution >= 0.6 is 0 Å². The normalized spacial score (nSPS) is 11.7. The van der Waals surface area contributed by atoms with Crippen LogP contribution in [0.25, 0.3) is 10.9 Å². The van der Waals surface area contributed by atoms with Crippen LogP contribution in [0.15, 0.2) is 30.5 Å². The summed E-state index contributed by atoms with van der Waals surface area (Å²) >= 11 is 0. The van der Waals surface area contributed by atoms with Crippen molar-refractivity contribution in [2.24, 2.45) is 5.41 Å². The van der Waals surface area contributed by atoms with E-state index in [0.29, 0.717) is 5.41 Å². The Morgan fingerprint density at radius 1 is 1.20 bits per heavy atom. The van der Waals surface area contributed by atoms with E-state index in [2.05, 4.69) is 49.0 Å². The summed E-state index contributed by atoms with van der Waals surface area (Å²) in [7, 11) is 0. The SMILES string of the molecule is CC(C)(C)CCNCCn1ccc2cc(C#N)ccc21. The fraction of sp³-hybridized carbons (Fsp3) is 0.471. The van der Waals surface area contributed by atoms with Crippen molar-refractivity contribution in [3.63, 3.8) is 0 Å². The van der Waals surface area contributed by atoms with Gasteiger partial charge in [0.2, 0.25) is 0 Å². The topological polar surface area (TPSA) is 40.8 Å². The Balaban J connectivity index is 1.89. The number of nitrogens with zero attached hydrogens (tertiary/aromatic N) is 2. The lowest BCUT2D eigenvalue weighted by molar-refractivity contribution is 0.365. The molecule has 3 nitrogen and oxygen atoms in total. The fourth-order valence-corrected chi connectivity index (χ4v) is 2.25. The van der Waals surface area contributed by atoms with Gasteiger partial charge in [0.05, 0.1) is 11.6 Å². The highest BCUT2D eigenvalue weighted by atomic mass is 15.0. The molecule has 2 aromatic rings. The lowest BCUT2D eigenvalue weighted by atomic mass is 9.92. The first-order valence-corrected chi connectivity index (χ1v) is 7.19. The van der Waals surface area contributed by atoms with E-state index in [1.807, 2.05) is 18.2 Å². The van der Waals surface area contributed by atoms with Gasteiger partial charge in [0, 0.05) is 30.2 Å². The van der Waals surface area contributed by atoms with Gasteiger partial charge >= 0.3 is 0 Å². The van der Waals surface area contributed by atoms with E-state index in [9.17, 15) is 0 Å². The summed E-state index contributed by atoms with van der Waals surface area (Å²) in [5.41, 5.74) is 2.31. The minimum absolute atomic E-state index is 0.390. The molecule has 0 aliphatic carbocycles. The molecule has 0 amide bonds. The van der Waals surface area contributed by atoms with Crippen LogP contribution in [0.2, 0.25) is 0 Å². The van der Waals surface area contributed by atoms with Crippen molar-refractivity contribution < 1.29 is 0 Å². The van der Waals surface area contributed by atoms with Crippen LogP contribution < -0.4 is 5.32 Å². The largest absolute Gasteiger partial charge is 0.346 e. The molecule has 0 saturated heterocycles. The van der Waals surface area contributed by atoms with E-state index in [0.717, 1.165) is 30.6 Å². The molecule has 0 aliphatic rings. The molecule has 3 heteroatoms. The standard InChI is InChI=1S/C17H23N3/c1-17(2,3)7-8-19-9-11-20-10-6-15-12-14(13-18)4-5-16(15)20/h4-6,10,12,19H,7-9,11H2,1-3H3. The third kappa shape index (κ3) is 3.85. The Morgan fingerprint density at radius 3 is 2.70 bits per heavy atom. The molecule has 2 rings (SSSR count). The van der Waals surface area contributed by atoms with E-state index >= 15 is 0 Å². The van der Waals surface area contributed by atoms with Gasteiger partial charge in [-0.15, -0.1) is 0 Å². The van der Waals surface area contributed by atoms with Crippen molar-refractivity contribution in [3.05, 3.63) is 36.0 Å². The predicted octanol–water partition coefficient (Wildman–Crippen LogP) is 3.54. The molecule has 1 N–H and O–H groups in total. The first-order chi connectivity index (χ1) is 9.49. The van der Waals surface area contributed by atoms with Crippen molar-refractivity contribution in [1.29, 1.82) is 5.26 Å². The zero-order valence-corrected chi connectivity index (χ0v) is 12.6. The number of nitrogens with one attached hydrogen (secondary N) is 1. The number of benzene rings is 1. The third-order valence-corrected chi connectivity index (χ3v) is 3.48. The van der Waals surface area contributed by atoms with Crippen molar-refractivity contribution in [2.45, 2.75) is 33.7 Å². The van der Waals surface area contributed by atoms with Crippen molar-refractivity contribution in [1.82, 2.24) is 9.88 Å². The molecule has 1 heterocycles. The van der Waals surface area contributed by atoms with E-state index in [-0.39, 0.29) is 0 Å². The Labute approximate surface area is 121 Å². The van der Waals surface area contributed by atoms with Crippen molar-refractivity contribution in [3.8, 4) is 6.07 Å². The number of hydrogen-bond acceptors (Lipinski definition) is 2. The highest BCUT2D eigenvalue weighted by Gasteiger charge is 2.08. The van der Waals surface area contributed by atoms with Crippen LogP contribution in [0.4, 0.5) is 0 Å². The summed E-state index contributed by atoms with van der Waals surface area (Å²) in [5, 5.41) is 13.5. The fourth-order valence-electron chi connectivity index (χ4n) is 2.25. The molecule has 20 heavy (non-hydrogen) atoms. The number of fused-ring (bicyclic) bond motifs is 1. The lowest BCUT2D eigenvalue weighted by Gasteiger charge is -2.18. The van der Waals surface area contributed by atoms with Crippen LogP contribution in [0.1, 0.15) is 32.8 Å². The molecular weight excluding hydrogens is 246 g/mol. The minimum atomic E-state index is 0.390. The van der Waals surface area contributed by atoms with Crippen LogP contribution in [0.3, 0.4) is 0 Å². The predicted molar refractivity (Wildman–Crippen MR) is 83.6 cm³/mol. The average Bonchev–Trinajstić information content (AvgIpc) is 2.79. The summed E-state index contributed by atoms with van der Waals surface area (Å²) in [4.78, 5) is 0. The Morgan fingerprint density at radius 2 is 2.00 bits per heavy atom. The monoisotopic (exact) mass is 269 g/mol. The Bertz CT molecular complexity index is 611. The van der Waals surface area contributed by atoms with E-state index in [1.165, 1.54) is 11.9 Å². The van der Waals surface area contributed by atoms with Gasteiger partial charge in [-0.1, -0.05) is 20.8 Å². The first-order valence-electron chi connectivity index (χ1n) is 7.19. The lowest BCUT2D eigenvalue weighted by Crippen LogP contribution is -2.24. The van der Waals surface area contributed by atoms with Gasteiger partial charge in [0.25, 0.3) is 0 Å². The second-order valence-electron chi connectivity index (χ2n) is 6.46. The maximum atomic E-state index is 8.90. The maximum Gasteiger partial charge on any atom is 0.0991 e. The highest BCUT2D eigenvalue weighted by Crippen LogP contribution is 2.18. The quantitative estimate of drug-likeness (QED) is 0.843. The van der Waals surface area contributed by atoms with E-state index < -0.39 is 0 Å². The van der Waals surface area contributed by atoms with E-state index in [4.69, 9.17) is 5.26 Å². The average molecular weight is 269 g/mol. The summed E-state index contributed by atoms with van der Waals surface area (Å²) < 4.78 is 2.24. The van der Waals surface area contributed by atoms with Crippen LogP contribution in [-0.2, 0) is 6.54 Å². The van der Waals surface area contributed by atoms with Gasteiger partial charge in [-0.3, -0.25) is 0 Å². The summed E-state index contributed by atoms with van der Waals surface area (Å²) in [5.74, 6) is 0. The molecule has 0 aliphatic heterocycles. The molecule has 0 bridgehead atoms. The zero-order chi connectivity index (χ0) is 14.6. The molecule has 0 radical (unpaired) electrons. The van der Waals surface area contributed by atoms with Crippen molar-refractivity contribution >= 4 is 10.9 Å². The van der Waals surface area contributed by atoms with Gasteiger partial charge in [-0.05, 0) is 42.6 Å². The zero-order valence-electron chi connectivity index (χ0n) is 12.6. The first kappa shape index (κ1) is 14.6. The van der Waals surface area contributed by atoms with Gasteiger partial charge in [0.15, 0.2) is 0 Å². The number of aromatic nitrogens is 1. The molecule has 106 valence electrons. The Kier molecular flexibility index (Phi) is 4.46. The molecule has 0 atom stereocenters. The second-order valence-corrected chi connectivity index (χ2v) is 6.46. The number of rotatable bonds is 5. The molecular formula is C17H23N3. The Hall–Kier alpha value is -1.79. The van der Waals surface area contributed by atoms with Crippen LogP contribution in [0.5, 0.6) is 0 Å². The summed E-state index contributed by atoms with van der Waals surface area (Å²) in [6.07, 6.45) is 3.28. The summed E-state index contributed by atoms with van der Waals surface area (Å²) in [6.45, 7) is 9.78. The van der Waals surface area contributed by atoms with Gasteiger partial charge in [-0.25, -0.2) is 0 Å². The van der Waals surface area contributed by atoms with Gasteiger partial charge in [0.1, 0.15) is 0 Å². The molecule has 1 aromatic carbocycles. The maximum absolute atomic E-state index is 8.90. The van der Waals surface area contributed by atoms with Gasteiger partial charge in [-0.2, -0.15) is 5.26 Å². The van der Waals surface area contributed by atoms with Gasteiger partial charge < -0.3 is 9.88 Å². The molecule has 0 fully saturated rings. The van der Waals surface area contributed by atoms with Crippen LogP contribution in [-0.4, -0.2) is 17.7 Å². The van der Waals surface area contributed by atoms with Crippen LogP contribution in [0, 0.1) is 16.7 Å². The number of nitriles is 1. The second kappa shape index (κ2) is 6.11. The molecule has 0 saturated carbocycles. The smallest absolute Gasteiger partial charge is 0.0991 e. The molecule has 0 spiro atoms. The van der Waals surface area contributed by atoms with Crippen molar-refractivity contribution in [2.75, 3.05) is 13.1 Å². The van der Waals surface area contributed by atoms with E-state index in [1.54, 1.807) is 0 Å². The summed E-state index contributed by atoms with van der Waals surface area (Å²) in [6, 6.07) is 10.1. The number of hydrogen-bond donors (Lipinski definition) is 1. The minimum Gasteiger partial charge on any atom is -0.346 e.